The Balaban J connectivity index is 2.53. The molecule has 3 unspecified atom stereocenters. The van der Waals surface area contributed by atoms with E-state index in [1.54, 1.807) is 0 Å². The molecule has 0 aromatic heterocycles. The van der Waals surface area contributed by atoms with Crippen molar-refractivity contribution in [1.29, 1.82) is 0 Å². The van der Waals surface area contributed by atoms with Gasteiger partial charge in [-0.3, -0.25) is 4.90 Å². The second kappa shape index (κ2) is 6.15. The van der Waals surface area contributed by atoms with Gasteiger partial charge < -0.3 is 0 Å². The minimum absolute atomic E-state index is 0.747. The summed E-state index contributed by atoms with van der Waals surface area (Å²) >= 11 is 4.49. The zero-order valence-electron chi connectivity index (χ0n) is 10.7. The molecule has 1 aliphatic rings. The van der Waals surface area contributed by atoms with E-state index in [4.69, 9.17) is 0 Å². The maximum absolute atomic E-state index is 4.49. The second-order valence-electron chi connectivity index (χ2n) is 5.51. The highest BCUT2D eigenvalue weighted by atomic mass is 32.1. The Morgan fingerprint density at radius 2 is 1.73 bits per heavy atom. The quantitative estimate of drug-likeness (QED) is 0.723. The van der Waals surface area contributed by atoms with E-state index in [0.717, 1.165) is 29.7 Å². The predicted molar refractivity (Wildman–Crippen MR) is 71.7 cm³/mol. The Labute approximate surface area is 101 Å². The van der Waals surface area contributed by atoms with Crippen LogP contribution in [0.2, 0.25) is 0 Å². The Morgan fingerprint density at radius 3 is 2.13 bits per heavy atom. The molecule has 0 saturated carbocycles. The molecule has 0 radical (unpaired) electrons. The van der Waals surface area contributed by atoms with E-state index < -0.39 is 0 Å². The molecule has 1 rings (SSSR count). The summed E-state index contributed by atoms with van der Waals surface area (Å²) < 4.78 is 0. The summed E-state index contributed by atoms with van der Waals surface area (Å²) in [6.07, 6.45) is 4.16. The molecule has 1 heterocycles. The number of piperidine rings is 1. The highest BCUT2D eigenvalue weighted by Crippen LogP contribution is 2.25. The molecule has 3 atom stereocenters. The third-order valence-corrected chi connectivity index (χ3v) is 4.47. The monoisotopic (exact) mass is 229 g/mol. The van der Waals surface area contributed by atoms with Gasteiger partial charge in [0, 0.05) is 18.6 Å². The molecule has 1 saturated heterocycles. The molecule has 0 spiro atoms. The Bertz CT molecular complexity index is 171. The molecule has 90 valence electrons. The third kappa shape index (κ3) is 3.67. The number of thiol groups is 1. The van der Waals surface area contributed by atoms with E-state index in [0.29, 0.717) is 0 Å². The van der Waals surface area contributed by atoms with Crippen LogP contribution in [0.25, 0.3) is 0 Å². The van der Waals surface area contributed by atoms with Gasteiger partial charge in [-0.15, -0.1) is 0 Å². The van der Waals surface area contributed by atoms with Crippen molar-refractivity contribution in [3.63, 3.8) is 0 Å². The number of hydrogen-bond donors (Lipinski definition) is 1. The van der Waals surface area contributed by atoms with Crippen LogP contribution in [-0.2, 0) is 0 Å². The lowest BCUT2D eigenvalue weighted by Gasteiger charge is -2.41. The fourth-order valence-corrected chi connectivity index (χ4v) is 3.12. The zero-order chi connectivity index (χ0) is 11.4. The molecule has 0 aromatic rings. The minimum atomic E-state index is 0.747. The maximum atomic E-state index is 4.49. The molecular formula is C13H27NS. The average molecular weight is 229 g/mol. The molecule has 2 heteroatoms. The van der Waals surface area contributed by atoms with Gasteiger partial charge in [0.2, 0.25) is 0 Å². The summed E-state index contributed by atoms with van der Waals surface area (Å²) in [5, 5.41) is 0. The first kappa shape index (κ1) is 13.4. The van der Waals surface area contributed by atoms with Gasteiger partial charge in [-0.1, -0.05) is 20.3 Å². The first-order chi connectivity index (χ1) is 7.06. The van der Waals surface area contributed by atoms with E-state index in [1.165, 1.54) is 25.8 Å². The lowest BCUT2D eigenvalue weighted by atomic mass is 9.92. The van der Waals surface area contributed by atoms with Crippen LogP contribution in [0.15, 0.2) is 0 Å². The summed E-state index contributed by atoms with van der Waals surface area (Å²) in [5.41, 5.74) is 0. The van der Waals surface area contributed by atoms with Crippen molar-refractivity contribution in [1.82, 2.24) is 4.90 Å². The SMILES string of the molecule is CC(C)C(CS)CN1C(C)CCCC1C. The van der Waals surface area contributed by atoms with Gasteiger partial charge >= 0.3 is 0 Å². The van der Waals surface area contributed by atoms with Crippen molar-refractivity contribution in [3.05, 3.63) is 0 Å². The van der Waals surface area contributed by atoms with Gasteiger partial charge in [-0.05, 0) is 44.3 Å². The zero-order valence-corrected chi connectivity index (χ0v) is 11.6. The standard InChI is InChI=1S/C13H27NS/c1-10(2)13(9-15)8-14-11(3)6-5-7-12(14)4/h10-13,15H,5-9H2,1-4H3. The maximum Gasteiger partial charge on any atom is 0.00698 e. The van der Waals surface area contributed by atoms with Crippen LogP contribution in [-0.4, -0.2) is 29.3 Å². The summed E-state index contributed by atoms with van der Waals surface area (Å²) in [6, 6.07) is 1.55. The molecule has 15 heavy (non-hydrogen) atoms. The van der Waals surface area contributed by atoms with Crippen LogP contribution >= 0.6 is 12.6 Å². The van der Waals surface area contributed by atoms with E-state index in [-0.39, 0.29) is 0 Å². The van der Waals surface area contributed by atoms with Gasteiger partial charge in [-0.2, -0.15) is 12.6 Å². The fraction of sp³-hybridized carbons (Fsp3) is 1.00. The minimum Gasteiger partial charge on any atom is -0.298 e. The number of likely N-dealkylation sites (tertiary alicyclic amines) is 1. The van der Waals surface area contributed by atoms with Gasteiger partial charge in [0.05, 0.1) is 0 Å². The van der Waals surface area contributed by atoms with Crippen molar-refractivity contribution >= 4 is 12.6 Å². The van der Waals surface area contributed by atoms with Crippen LogP contribution in [0.5, 0.6) is 0 Å². The summed E-state index contributed by atoms with van der Waals surface area (Å²) in [7, 11) is 0. The van der Waals surface area contributed by atoms with Gasteiger partial charge in [0.1, 0.15) is 0 Å². The normalized spacial score (nSPS) is 30.8. The van der Waals surface area contributed by atoms with Gasteiger partial charge in [0.25, 0.3) is 0 Å². The Morgan fingerprint density at radius 1 is 1.20 bits per heavy atom. The number of hydrogen-bond acceptors (Lipinski definition) is 2. The van der Waals surface area contributed by atoms with Crippen molar-refractivity contribution < 1.29 is 0 Å². The predicted octanol–water partition coefficient (Wildman–Crippen LogP) is 3.45. The second-order valence-corrected chi connectivity index (χ2v) is 5.88. The van der Waals surface area contributed by atoms with E-state index in [1.807, 2.05) is 0 Å². The molecule has 0 aliphatic carbocycles. The van der Waals surface area contributed by atoms with Crippen molar-refractivity contribution in [2.45, 2.75) is 59.0 Å². The molecule has 0 N–H and O–H groups in total. The summed E-state index contributed by atoms with van der Waals surface area (Å²) in [5.74, 6) is 2.52. The smallest absolute Gasteiger partial charge is 0.00698 e. The molecule has 0 aromatic carbocycles. The fourth-order valence-electron chi connectivity index (χ4n) is 2.58. The molecule has 1 aliphatic heterocycles. The van der Waals surface area contributed by atoms with Gasteiger partial charge in [-0.25, -0.2) is 0 Å². The van der Waals surface area contributed by atoms with Crippen LogP contribution in [0.3, 0.4) is 0 Å². The third-order valence-electron chi connectivity index (χ3n) is 4.00. The Hall–Kier alpha value is 0.310. The van der Waals surface area contributed by atoms with E-state index in [9.17, 15) is 0 Å². The van der Waals surface area contributed by atoms with Crippen LogP contribution in [0.4, 0.5) is 0 Å². The Kier molecular flexibility index (Phi) is 5.48. The number of rotatable bonds is 4. The molecule has 1 fully saturated rings. The number of nitrogens with zero attached hydrogens (tertiary/aromatic N) is 1. The highest BCUT2D eigenvalue weighted by Gasteiger charge is 2.27. The molecule has 0 bridgehead atoms. The topological polar surface area (TPSA) is 3.24 Å². The van der Waals surface area contributed by atoms with Crippen molar-refractivity contribution in [2.75, 3.05) is 12.3 Å². The first-order valence-electron chi connectivity index (χ1n) is 6.42. The van der Waals surface area contributed by atoms with Crippen LogP contribution < -0.4 is 0 Å². The molecule has 0 amide bonds. The van der Waals surface area contributed by atoms with E-state index in [2.05, 4.69) is 45.2 Å². The largest absolute Gasteiger partial charge is 0.298 e. The lowest BCUT2D eigenvalue weighted by molar-refractivity contribution is 0.0793. The molecule has 1 nitrogen and oxygen atoms in total. The lowest BCUT2D eigenvalue weighted by Crippen LogP contribution is -2.47. The molecular weight excluding hydrogens is 202 g/mol. The average Bonchev–Trinajstić information content (AvgIpc) is 2.17. The van der Waals surface area contributed by atoms with Crippen molar-refractivity contribution in [2.24, 2.45) is 11.8 Å². The van der Waals surface area contributed by atoms with Gasteiger partial charge in [0.15, 0.2) is 0 Å². The summed E-state index contributed by atoms with van der Waals surface area (Å²) in [4.78, 5) is 2.70. The van der Waals surface area contributed by atoms with Crippen molar-refractivity contribution in [3.8, 4) is 0 Å². The van der Waals surface area contributed by atoms with E-state index >= 15 is 0 Å². The van der Waals surface area contributed by atoms with Crippen LogP contribution in [0, 0.1) is 11.8 Å². The first-order valence-corrected chi connectivity index (χ1v) is 7.06. The van der Waals surface area contributed by atoms with Crippen LogP contribution in [0.1, 0.15) is 47.0 Å². The highest BCUT2D eigenvalue weighted by molar-refractivity contribution is 7.80. The summed E-state index contributed by atoms with van der Waals surface area (Å²) in [6.45, 7) is 10.6.